The molecule has 2 rings (SSSR count). The second-order valence-corrected chi connectivity index (χ2v) is 6.59. The lowest BCUT2D eigenvalue weighted by Crippen LogP contribution is -2.12. The Balaban J connectivity index is 2.11. The van der Waals surface area contributed by atoms with E-state index in [2.05, 4.69) is 45.3 Å². The molecular formula is C13H13BrFN3OS. The Morgan fingerprint density at radius 1 is 1.45 bits per heavy atom. The van der Waals surface area contributed by atoms with Gasteiger partial charge in [0, 0.05) is 10.9 Å². The molecule has 0 radical (unpaired) electrons. The number of benzene rings is 1. The van der Waals surface area contributed by atoms with E-state index >= 15 is 0 Å². The van der Waals surface area contributed by atoms with E-state index in [1.165, 1.54) is 29.5 Å². The largest absolute Gasteiger partial charge is 0.296 e. The Kier molecular flexibility index (Phi) is 4.82. The number of hydrogen-bond donors (Lipinski definition) is 1. The zero-order valence-corrected chi connectivity index (χ0v) is 13.4. The summed E-state index contributed by atoms with van der Waals surface area (Å²) in [5.74, 6) is -0.399. The third-order valence-electron chi connectivity index (χ3n) is 2.44. The van der Waals surface area contributed by atoms with Crippen LogP contribution in [0.25, 0.3) is 0 Å². The molecule has 0 aliphatic heterocycles. The normalized spacial score (nSPS) is 10.8. The van der Waals surface area contributed by atoms with Gasteiger partial charge in [-0.3, -0.25) is 10.1 Å². The molecule has 0 bridgehead atoms. The highest BCUT2D eigenvalue weighted by Crippen LogP contribution is 2.22. The zero-order valence-electron chi connectivity index (χ0n) is 11.0. The maximum Gasteiger partial charge on any atom is 0.258 e. The molecule has 2 aromatic rings. The van der Waals surface area contributed by atoms with Crippen LogP contribution in [0.5, 0.6) is 0 Å². The van der Waals surface area contributed by atoms with Crippen LogP contribution in [-0.4, -0.2) is 16.1 Å². The number of carbonyl (C=O) groups excluding carboxylic acids is 1. The number of anilines is 1. The Bertz CT molecular complexity index is 630. The van der Waals surface area contributed by atoms with Crippen molar-refractivity contribution in [2.24, 2.45) is 5.92 Å². The van der Waals surface area contributed by atoms with Crippen molar-refractivity contribution < 1.29 is 9.18 Å². The lowest BCUT2D eigenvalue weighted by Gasteiger charge is -2.03. The molecule has 0 atom stereocenters. The molecule has 0 aliphatic rings. The van der Waals surface area contributed by atoms with Crippen molar-refractivity contribution in [2.75, 3.05) is 5.32 Å². The summed E-state index contributed by atoms with van der Waals surface area (Å²) in [5.41, 5.74) is 0.227. The molecule has 0 aliphatic carbocycles. The lowest BCUT2D eigenvalue weighted by atomic mass is 10.1. The Hall–Kier alpha value is -1.34. The number of rotatable bonds is 4. The van der Waals surface area contributed by atoms with Gasteiger partial charge in [-0.1, -0.05) is 25.2 Å². The fourth-order valence-corrected chi connectivity index (χ4v) is 2.95. The van der Waals surface area contributed by atoms with Gasteiger partial charge in [0.2, 0.25) is 5.13 Å². The van der Waals surface area contributed by atoms with E-state index < -0.39 is 11.7 Å². The molecule has 0 saturated heterocycles. The van der Waals surface area contributed by atoms with Crippen molar-refractivity contribution in [2.45, 2.75) is 20.3 Å². The van der Waals surface area contributed by atoms with E-state index in [1.807, 2.05) is 0 Å². The van der Waals surface area contributed by atoms with Crippen LogP contribution in [0.15, 0.2) is 22.7 Å². The van der Waals surface area contributed by atoms with Crippen molar-refractivity contribution in [3.05, 3.63) is 39.1 Å². The van der Waals surface area contributed by atoms with Crippen LogP contribution in [-0.2, 0) is 6.42 Å². The standard InChI is InChI=1S/C13H13BrFN3OS/c1-7(2)5-11-17-18-13(20-11)16-12(19)9-6-8(15)3-4-10(9)14/h3-4,6-7H,5H2,1-2H3,(H,16,18,19). The van der Waals surface area contributed by atoms with Gasteiger partial charge in [0.1, 0.15) is 10.8 Å². The quantitative estimate of drug-likeness (QED) is 0.902. The van der Waals surface area contributed by atoms with Crippen molar-refractivity contribution in [1.82, 2.24) is 10.2 Å². The molecule has 7 heteroatoms. The van der Waals surface area contributed by atoms with Crippen LogP contribution in [0, 0.1) is 11.7 Å². The molecule has 0 saturated carbocycles. The van der Waals surface area contributed by atoms with Gasteiger partial charge in [-0.25, -0.2) is 4.39 Å². The summed E-state index contributed by atoms with van der Waals surface area (Å²) in [4.78, 5) is 12.0. The molecule has 1 aromatic heterocycles. The number of carbonyl (C=O) groups is 1. The van der Waals surface area contributed by atoms with Gasteiger partial charge < -0.3 is 0 Å². The predicted molar refractivity (Wildman–Crippen MR) is 80.5 cm³/mol. The molecule has 1 aromatic carbocycles. The maximum atomic E-state index is 13.2. The van der Waals surface area contributed by atoms with E-state index in [4.69, 9.17) is 0 Å². The van der Waals surface area contributed by atoms with Crippen LogP contribution in [0.4, 0.5) is 9.52 Å². The summed E-state index contributed by atoms with van der Waals surface area (Å²) in [7, 11) is 0. The van der Waals surface area contributed by atoms with Crippen molar-refractivity contribution >= 4 is 38.3 Å². The van der Waals surface area contributed by atoms with Gasteiger partial charge >= 0.3 is 0 Å². The first-order chi connectivity index (χ1) is 9.45. The summed E-state index contributed by atoms with van der Waals surface area (Å²) in [6, 6.07) is 3.95. The first-order valence-electron chi connectivity index (χ1n) is 6.04. The number of halogens is 2. The number of aromatic nitrogens is 2. The first-order valence-corrected chi connectivity index (χ1v) is 7.65. The Labute approximate surface area is 128 Å². The molecule has 1 N–H and O–H groups in total. The second kappa shape index (κ2) is 6.41. The molecule has 106 valence electrons. The second-order valence-electron chi connectivity index (χ2n) is 4.68. The number of nitrogens with one attached hydrogen (secondary N) is 1. The molecule has 20 heavy (non-hydrogen) atoms. The molecule has 0 unspecified atom stereocenters. The Morgan fingerprint density at radius 2 is 2.20 bits per heavy atom. The van der Waals surface area contributed by atoms with Gasteiger partial charge in [-0.2, -0.15) is 0 Å². The van der Waals surface area contributed by atoms with E-state index in [1.54, 1.807) is 0 Å². The zero-order chi connectivity index (χ0) is 14.7. The molecule has 1 amide bonds. The van der Waals surface area contributed by atoms with Gasteiger partial charge in [0.05, 0.1) is 5.56 Å². The van der Waals surface area contributed by atoms with Crippen molar-refractivity contribution in [1.29, 1.82) is 0 Å². The fourth-order valence-electron chi connectivity index (χ4n) is 1.57. The lowest BCUT2D eigenvalue weighted by molar-refractivity contribution is 0.102. The van der Waals surface area contributed by atoms with Crippen molar-refractivity contribution in [3.63, 3.8) is 0 Å². The minimum Gasteiger partial charge on any atom is -0.296 e. The van der Waals surface area contributed by atoms with Gasteiger partial charge in [0.25, 0.3) is 5.91 Å². The summed E-state index contributed by atoms with van der Waals surface area (Å²) in [6.07, 6.45) is 0.817. The van der Waals surface area contributed by atoms with Crippen LogP contribution < -0.4 is 5.32 Å². The fraction of sp³-hybridized carbons (Fsp3) is 0.308. The molecule has 0 spiro atoms. The molecule has 1 heterocycles. The molecule has 4 nitrogen and oxygen atoms in total. The van der Waals surface area contributed by atoms with Crippen LogP contribution in [0.3, 0.4) is 0 Å². The smallest absolute Gasteiger partial charge is 0.258 e. The number of nitrogens with zero attached hydrogens (tertiary/aromatic N) is 2. The van der Waals surface area contributed by atoms with E-state index in [0.717, 1.165) is 11.4 Å². The highest BCUT2D eigenvalue weighted by Gasteiger charge is 2.14. The van der Waals surface area contributed by atoms with Gasteiger partial charge in [0.15, 0.2) is 0 Å². The summed E-state index contributed by atoms with van der Waals surface area (Å²) in [6.45, 7) is 4.17. The number of amides is 1. The van der Waals surface area contributed by atoms with E-state index in [0.29, 0.717) is 15.5 Å². The summed E-state index contributed by atoms with van der Waals surface area (Å²) >= 11 is 4.55. The SMILES string of the molecule is CC(C)Cc1nnc(NC(=O)c2cc(F)ccc2Br)s1. The minimum absolute atomic E-state index is 0.227. The monoisotopic (exact) mass is 357 g/mol. The molecule has 0 fully saturated rings. The van der Waals surface area contributed by atoms with Crippen LogP contribution >= 0.6 is 27.3 Å². The first kappa shape index (κ1) is 15.1. The minimum atomic E-state index is -0.462. The maximum absolute atomic E-state index is 13.2. The summed E-state index contributed by atoms with van der Waals surface area (Å²) < 4.78 is 13.7. The average molecular weight is 358 g/mol. The highest BCUT2D eigenvalue weighted by atomic mass is 79.9. The van der Waals surface area contributed by atoms with E-state index in [-0.39, 0.29) is 5.56 Å². The third kappa shape index (κ3) is 3.83. The predicted octanol–water partition coefficient (Wildman–Crippen LogP) is 3.89. The number of hydrogen-bond acceptors (Lipinski definition) is 4. The highest BCUT2D eigenvalue weighted by molar-refractivity contribution is 9.10. The summed E-state index contributed by atoms with van der Waals surface area (Å²) in [5, 5.41) is 11.8. The van der Waals surface area contributed by atoms with E-state index in [9.17, 15) is 9.18 Å². The topological polar surface area (TPSA) is 54.9 Å². The third-order valence-corrected chi connectivity index (χ3v) is 4.00. The molecular weight excluding hydrogens is 345 g/mol. The Morgan fingerprint density at radius 3 is 2.90 bits per heavy atom. The van der Waals surface area contributed by atoms with Gasteiger partial charge in [-0.15, -0.1) is 10.2 Å². The van der Waals surface area contributed by atoms with Gasteiger partial charge in [-0.05, 0) is 40.0 Å². The average Bonchev–Trinajstić information content (AvgIpc) is 2.78. The van der Waals surface area contributed by atoms with Crippen molar-refractivity contribution in [3.8, 4) is 0 Å². The van der Waals surface area contributed by atoms with Crippen LogP contribution in [0.2, 0.25) is 0 Å². The van der Waals surface area contributed by atoms with Crippen LogP contribution in [0.1, 0.15) is 29.2 Å².